The Kier molecular flexibility index (Phi) is 6.05. The molecule has 0 unspecified atom stereocenters. The van der Waals surface area contributed by atoms with Gasteiger partial charge in [0.15, 0.2) is 0 Å². The van der Waals surface area contributed by atoms with Gasteiger partial charge in [0, 0.05) is 37.3 Å². The predicted molar refractivity (Wildman–Crippen MR) is 79.1 cm³/mol. The molecule has 106 valence electrons. The zero-order valence-electron chi connectivity index (χ0n) is 11.6. The molecular formula is C13H20ClN3O2. The van der Waals surface area contributed by atoms with Crippen LogP contribution in [0.3, 0.4) is 0 Å². The third kappa shape index (κ3) is 4.69. The van der Waals surface area contributed by atoms with Crippen LogP contribution in [0.4, 0.5) is 11.4 Å². The van der Waals surface area contributed by atoms with Gasteiger partial charge in [0.2, 0.25) is 0 Å². The first kappa shape index (κ1) is 15.7. The summed E-state index contributed by atoms with van der Waals surface area (Å²) >= 11 is 5.88. The molecule has 0 aromatic heterocycles. The van der Waals surface area contributed by atoms with Gasteiger partial charge in [-0.1, -0.05) is 0 Å². The van der Waals surface area contributed by atoms with E-state index in [-0.39, 0.29) is 11.6 Å². The van der Waals surface area contributed by atoms with Crippen molar-refractivity contribution in [1.82, 2.24) is 4.90 Å². The lowest BCUT2D eigenvalue weighted by molar-refractivity contribution is -0.384. The van der Waals surface area contributed by atoms with E-state index in [1.54, 1.807) is 12.1 Å². The Morgan fingerprint density at radius 3 is 2.47 bits per heavy atom. The van der Waals surface area contributed by atoms with Gasteiger partial charge in [-0.15, -0.1) is 11.6 Å². The highest BCUT2D eigenvalue weighted by Gasteiger charge is 2.12. The first-order chi connectivity index (χ1) is 8.95. The van der Waals surface area contributed by atoms with Crippen molar-refractivity contribution >= 4 is 23.0 Å². The molecule has 1 aromatic rings. The van der Waals surface area contributed by atoms with Gasteiger partial charge in [0.05, 0.1) is 4.92 Å². The van der Waals surface area contributed by atoms with Crippen LogP contribution >= 0.6 is 11.6 Å². The molecule has 1 rings (SSSR count). The van der Waals surface area contributed by atoms with Crippen LogP contribution in [0, 0.1) is 10.1 Å². The number of halogens is 1. The van der Waals surface area contributed by atoms with E-state index in [9.17, 15) is 10.1 Å². The van der Waals surface area contributed by atoms with E-state index >= 15 is 0 Å². The summed E-state index contributed by atoms with van der Waals surface area (Å²) in [5.41, 5.74) is 1.84. The molecule has 0 aliphatic heterocycles. The molecule has 6 heteroatoms. The quantitative estimate of drug-likeness (QED) is 0.439. The fourth-order valence-electron chi connectivity index (χ4n) is 1.91. The Morgan fingerprint density at radius 2 is 1.95 bits per heavy atom. The molecule has 0 atom stereocenters. The van der Waals surface area contributed by atoms with Crippen LogP contribution in [0.1, 0.15) is 12.0 Å². The molecule has 0 saturated heterocycles. The number of nitro benzene ring substituents is 1. The van der Waals surface area contributed by atoms with Crippen LogP contribution in [-0.2, 0) is 5.88 Å². The van der Waals surface area contributed by atoms with Gasteiger partial charge in [0.25, 0.3) is 5.69 Å². The zero-order valence-corrected chi connectivity index (χ0v) is 12.4. The molecule has 0 aliphatic carbocycles. The van der Waals surface area contributed by atoms with Crippen molar-refractivity contribution in [3.8, 4) is 0 Å². The molecule has 0 bridgehead atoms. The fourth-order valence-corrected chi connectivity index (χ4v) is 2.12. The maximum Gasteiger partial charge on any atom is 0.269 e. The number of rotatable bonds is 7. The standard InChI is InChI=1S/C13H20ClN3O2/c1-15(2)7-4-8-16(3)13-6-5-12(17(18)19)9-11(13)10-14/h5-6,9H,4,7-8,10H2,1-3H3. The molecule has 19 heavy (non-hydrogen) atoms. The van der Waals surface area contributed by atoms with Gasteiger partial charge >= 0.3 is 0 Å². The maximum atomic E-state index is 10.7. The molecule has 0 fully saturated rings. The lowest BCUT2D eigenvalue weighted by Crippen LogP contribution is -2.24. The third-order valence-corrected chi connectivity index (χ3v) is 3.22. The number of nitro groups is 1. The number of nitrogens with zero attached hydrogens (tertiary/aromatic N) is 3. The van der Waals surface area contributed by atoms with E-state index in [0.717, 1.165) is 30.8 Å². The molecule has 0 saturated carbocycles. The molecule has 1 aromatic carbocycles. The number of hydrogen-bond donors (Lipinski definition) is 0. The number of non-ortho nitro benzene ring substituents is 1. The summed E-state index contributed by atoms with van der Waals surface area (Å²) in [7, 11) is 6.05. The minimum atomic E-state index is -0.397. The topological polar surface area (TPSA) is 49.6 Å². The van der Waals surface area contributed by atoms with Gasteiger partial charge in [0.1, 0.15) is 0 Å². The van der Waals surface area contributed by atoms with E-state index in [2.05, 4.69) is 9.80 Å². The summed E-state index contributed by atoms with van der Waals surface area (Å²) in [5, 5.41) is 10.7. The van der Waals surface area contributed by atoms with Crippen molar-refractivity contribution in [2.75, 3.05) is 39.1 Å². The smallest absolute Gasteiger partial charge is 0.269 e. The van der Waals surface area contributed by atoms with Crippen LogP contribution in [0.5, 0.6) is 0 Å². The monoisotopic (exact) mass is 285 g/mol. The molecular weight excluding hydrogens is 266 g/mol. The number of alkyl halides is 1. The van der Waals surface area contributed by atoms with E-state index in [1.807, 2.05) is 21.1 Å². The summed E-state index contributed by atoms with van der Waals surface area (Å²) in [6.07, 6.45) is 1.03. The molecule has 0 aliphatic rings. The van der Waals surface area contributed by atoms with Crippen molar-refractivity contribution in [3.05, 3.63) is 33.9 Å². The van der Waals surface area contributed by atoms with Crippen LogP contribution in [0.2, 0.25) is 0 Å². The normalized spacial score (nSPS) is 10.8. The van der Waals surface area contributed by atoms with Gasteiger partial charge in [-0.05, 0) is 38.7 Å². The van der Waals surface area contributed by atoms with Crippen LogP contribution in [0.25, 0.3) is 0 Å². The van der Waals surface area contributed by atoms with Crippen molar-refractivity contribution in [1.29, 1.82) is 0 Å². The van der Waals surface area contributed by atoms with Crippen LogP contribution < -0.4 is 4.90 Å². The number of hydrogen-bond acceptors (Lipinski definition) is 4. The van der Waals surface area contributed by atoms with Crippen LogP contribution in [-0.4, -0.2) is 44.1 Å². The molecule has 0 radical (unpaired) electrons. The zero-order chi connectivity index (χ0) is 14.4. The van der Waals surface area contributed by atoms with Crippen LogP contribution in [0.15, 0.2) is 18.2 Å². The average Bonchev–Trinajstić information content (AvgIpc) is 2.37. The average molecular weight is 286 g/mol. The van der Waals surface area contributed by atoms with Crippen molar-refractivity contribution in [2.24, 2.45) is 0 Å². The van der Waals surface area contributed by atoms with Gasteiger partial charge in [-0.3, -0.25) is 10.1 Å². The molecule has 0 N–H and O–H groups in total. The lowest BCUT2D eigenvalue weighted by Gasteiger charge is -2.22. The minimum absolute atomic E-state index is 0.0843. The highest BCUT2D eigenvalue weighted by atomic mass is 35.5. The summed E-state index contributed by atoms with van der Waals surface area (Å²) in [5.74, 6) is 0.273. The van der Waals surface area contributed by atoms with Crippen molar-refractivity contribution < 1.29 is 4.92 Å². The second kappa shape index (κ2) is 7.31. The Labute approximate surface area is 118 Å². The Hall–Kier alpha value is -1.33. The second-order valence-electron chi connectivity index (χ2n) is 4.78. The van der Waals surface area contributed by atoms with Gasteiger partial charge in [-0.2, -0.15) is 0 Å². The highest BCUT2D eigenvalue weighted by molar-refractivity contribution is 6.17. The Morgan fingerprint density at radius 1 is 1.26 bits per heavy atom. The first-order valence-electron chi connectivity index (χ1n) is 6.15. The van der Waals surface area contributed by atoms with Gasteiger partial charge in [-0.25, -0.2) is 0 Å². The fraction of sp³-hybridized carbons (Fsp3) is 0.538. The summed E-state index contributed by atoms with van der Waals surface area (Å²) in [6, 6.07) is 4.84. The van der Waals surface area contributed by atoms with E-state index < -0.39 is 4.92 Å². The summed E-state index contributed by atoms with van der Waals surface area (Å²) in [4.78, 5) is 14.6. The SMILES string of the molecule is CN(C)CCCN(C)c1ccc([N+](=O)[O-])cc1CCl. The Bertz CT molecular complexity index is 438. The predicted octanol–water partition coefficient (Wildman–Crippen LogP) is 2.72. The molecule has 0 spiro atoms. The largest absolute Gasteiger partial charge is 0.374 e. The van der Waals surface area contributed by atoms with E-state index in [1.165, 1.54) is 6.07 Å². The van der Waals surface area contributed by atoms with Gasteiger partial charge < -0.3 is 9.80 Å². The van der Waals surface area contributed by atoms with Crippen molar-refractivity contribution in [3.63, 3.8) is 0 Å². The maximum absolute atomic E-state index is 10.7. The second-order valence-corrected chi connectivity index (χ2v) is 5.05. The Balaban J connectivity index is 2.78. The highest BCUT2D eigenvalue weighted by Crippen LogP contribution is 2.26. The van der Waals surface area contributed by atoms with Crippen molar-refractivity contribution in [2.45, 2.75) is 12.3 Å². The van der Waals surface area contributed by atoms with E-state index in [0.29, 0.717) is 0 Å². The molecule has 0 heterocycles. The number of benzene rings is 1. The number of anilines is 1. The van der Waals surface area contributed by atoms with E-state index in [4.69, 9.17) is 11.6 Å². The minimum Gasteiger partial charge on any atom is -0.374 e. The molecule has 0 amide bonds. The first-order valence-corrected chi connectivity index (χ1v) is 6.68. The summed E-state index contributed by atoms with van der Waals surface area (Å²) < 4.78 is 0. The third-order valence-electron chi connectivity index (χ3n) is 2.93. The molecule has 5 nitrogen and oxygen atoms in total. The summed E-state index contributed by atoms with van der Waals surface area (Å²) in [6.45, 7) is 1.90. The lowest BCUT2D eigenvalue weighted by atomic mass is 10.1.